The van der Waals surface area contributed by atoms with E-state index in [-0.39, 0.29) is 6.10 Å². The number of allylic oxidation sites excluding steroid dienone is 3. The van der Waals surface area contributed by atoms with Crippen molar-refractivity contribution in [3.63, 3.8) is 0 Å². The summed E-state index contributed by atoms with van der Waals surface area (Å²) in [4.78, 5) is 0. The van der Waals surface area contributed by atoms with Gasteiger partial charge in [-0.3, -0.25) is 0 Å². The van der Waals surface area contributed by atoms with E-state index in [1.54, 1.807) is 0 Å². The summed E-state index contributed by atoms with van der Waals surface area (Å²) in [6, 6.07) is 33.3. The quantitative estimate of drug-likeness (QED) is 0.251. The number of rotatable bonds is 10. The summed E-state index contributed by atoms with van der Waals surface area (Å²) in [7, 11) is -1.74. The van der Waals surface area contributed by atoms with E-state index in [0.717, 1.165) is 25.4 Å². The number of hydrogen-bond acceptors (Lipinski definition) is 2. The summed E-state index contributed by atoms with van der Waals surface area (Å²) in [5.41, 5.74) is 0. The second-order valence-electron chi connectivity index (χ2n) is 9.19. The molecule has 1 aliphatic heterocycles. The molecular formula is C31H36O2P+. The Labute approximate surface area is 205 Å². The van der Waals surface area contributed by atoms with Crippen LogP contribution in [0.1, 0.15) is 33.1 Å². The smallest absolute Gasteiger partial charge is 0.163 e. The van der Waals surface area contributed by atoms with Crippen molar-refractivity contribution in [2.24, 2.45) is 0 Å². The van der Waals surface area contributed by atoms with E-state index >= 15 is 0 Å². The van der Waals surface area contributed by atoms with Gasteiger partial charge in [-0.2, -0.15) is 0 Å². The first-order valence-corrected chi connectivity index (χ1v) is 14.2. The third-order valence-corrected chi connectivity index (χ3v) is 10.8. The summed E-state index contributed by atoms with van der Waals surface area (Å²) in [6.07, 6.45) is 13.3. The molecule has 1 heterocycles. The van der Waals surface area contributed by atoms with Gasteiger partial charge in [0.15, 0.2) is 5.79 Å². The third kappa shape index (κ3) is 6.13. The number of hydrogen-bond donors (Lipinski definition) is 0. The topological polar surface area (TPSA) is 18.5 Å². The monoisotopic (exact) mass is 471 g/mol. The van der Waals surface area contributed by atoms with Crippen LogP contribution in [0.25, 0.3) is 0 Å². The Balaban J connectivity index is 1.46. The Morgan fingerprint density at radius 3 is 1.71 bits per heavy atom. The first-order chi connectivity index (χ1) is 16.6. The highest BCUT2D eigenvalue weighted by atomic mass is 31.2. The van der Waals surface area contributed by atoms with Crippen molar-refractivity contribution in [2.45, 2.75) is 45.0 Å². The van der Waals surface area contributed by atoms with E-state index in [2.05, 4.69) is 115 Å². The largest absolute Gasteiger partial charge is 0.348 e. The second-order valence-corrected chi connectivity index (χ2v) is 12.8. The predicted molar refractivity (Wildman–Crippen MR) is 147 cm³/mol. The van der Waals surface area contributed by atoms with Gasteiger partial charge in [0.05, 0.1) is 18.9 Å². The van der Waals surface area contributed by atoms with Gasteiger partial charge in [-0.05, 0) is 63.1 Å². The van der Waals surface area contributed by atoms with E-state index in [0.29, 0.717) is 6.61 Å². The minimum absolute atomic E-state index is 0.170. The Hall–Kier alpha value is -2.51. The molecule has 3 heteroatoms. The standard InChI is InChI=1S/C31H36O2P/c1-31(2)32-26-27(33-31)18-10-5-3-4-6-17-25-34(28-19-11-7-12-20-28,29-21-13-8-14-22-29)30-23-15-9-16-24-30/h4-16,19-24,27H,3,17-18,25-26H2,1-2H3/q+1/b6-4-,10-5-. The van der Waals surface area contributed by atoms with Gasteiger partial charge in [-0.15, -0.1) is 0 Å². The van der Waals surface area contributed by atoms with Gasteiger partial charge < -0.3 is 9.47 Å². The molecule has 1 aliphatic rings. The molecule has 34 heavy (non-hydrogen) atoms. The Morgan fingerprint density at radius 2 is 1.24 bits per heavy atom. The number of ether oxygens (including phenoxy) is 2. The van der Waals surface area contributed by atoms with Crippen LogP contribution in [-0.4, -0.2) is 24.7 Å². The van der Waals surface area contributed by atoms with Crippen LogP contribution in [0.4, 0.5) is 0 Å². The fourth-order valence-corrected chi connectivity index (χ4v) is 8.91. The van der Waals surface area contributed by atoms with Crippen molar-refractivity contribution in [1.82, 2.24) is 0 Å². The molecule has 0 bridgehead atoms. The molecule has 2 nitrogen and oxygen atoms in total. The lowest BCUT2D eigenvalue weighted by Crippen LogP contribution is -2.33. The second kappa shape index (κ2) is 11.8. The molecule has 0 radical (unpaired) electrons. The Bertz CT molecular complexity index is 962. The molecule has 3 aromatic rings. The average molecular weight is 472 g/mol. The molecule has 0 amide bonds. The molecule has 1 saturated heterocycles. The van der Waals surface area contributed by atoms with Crippen LogP contribution in [0, 0.1) is 0 Å². The summed E-state index contributed by atoms with van der Waals surface area (Å²) in [6.45, 7) is 4.63. The summed E-state index contributed by atoms with van der Waals surface area (Å²) in [5.74, 6) is -0.440. The first-order valence-electron chi connectivity index (χ1n) is 12.3. The van der Waals surface area contributed by atoms with Gasteiger partial charge >= 0.3 is 0 Å². The lowest BCUT2D eigenvalue weighted by molar-refractivity contribution is -0.137. The van der Waals surface area contributed by atoms with Crippen molar-refractivity contribution < 1.29 is 9.47 Å². The molecule has 0 aliphatic carbocycles. The summed E-state index contributed by atoms with van der Waals surface area (Å²) >= 11 is 0. The van der Waals surface area contributed by atoms with Crippen LogP contribution in [0.5, 0.6) is 0 Å². The van der Waals surface area contributed by atoms with Crippen molar-refractivity contribution in [3.05, 3.63) is 115 Å². The van der Waals surface area contributed by atoms with E-state index in [1.165, 1.54) is 15.9 Å². The highest BCUT2D eigenvalue weighted by Crippen LogP contribution is 2.55. The summed E-state index contributed by atoms with van der Waals surface area (Å²) < 4.78 is 11.5. The lowest BCUT2D eigenvalue weighted by Gasteiger charge is -2.27. The molecule has 1 unspecified atom stereocenters. The van der Waals surface area contributed by atoms with Crippen LogP contribution < -0.4 is 15.9 Å². The van der Waals surface area contributed by atoms with Crippen LogP contribution in [0.15, 0.2) is 115 Å². The SMILES string of the molecule is CC1(C)OCC(C/C=C\C/C=C\CC[P+](c2ccccc2)(c2ccccc2)c2ccccc2)O1. The molecule has 0 N–H and O–H groups in total. The van der Waals surface area contributed by atoms with E-state index in [9.17, 15) is 0 Å². The van der Waals surface area contributed by atoms with E-state index < -0.39 is 13.0 Å². The molecule has 0 aromatic heterocycles. The normalized spacial score (nSPS) is 18.1. The number of benzene rings is 3. The van der Waals surface area contributed by atoms with Gasteiger partial charge in [-0.25, -0.2) is 0 Å². The highest BCUT2D eigenvalue weighted by Gasteiger charge is 2.44. The Kier molecular flexibility index (Phi) is 8.51. The zero-order valence-electron chi connectivity index (χ0n) is 20.3. The minimum Gasteiger partial charge on any atom is -0.348 e. The third-order valence-electron chi connectivity index (χ3n) is 6.29. The molecule has 176 valence electrons. The maximum atomic E-state index is 5.87. The van der Waals surface area contributed by atoms with E-state index in [4.69, 9.17) is 9.47 Å². The fourth-order valence-electron chi connectivity index (χ4n) is 4.67. The molecule has 3 aromatic carbocycles. The fraction of sp³-hybridized carbons (Fsp3) is 0.290. The molecule has 0 saturated carbocycles. The first kappa shape index (κ1) is 24.6. The van der Waals surface area contributed by atoms with Gasteiger partial charge in [0, 0.05) is 6.42 Å². The van der Waals surface area contributed by atoms with Crippen LogP contribution >= 0.6 is 7.26 Å². The van der Waals surface area contributed by atoms with Gasteiger partial charge in [-0.1, -0.05) is 78.9 Å². The maximum Gasteiger partial charge on any atom is 0.163 e. The minimum atomic E-state index is -1.74. The molecule has 1 atom stereocenters. The van der Waals surface area contributed by atoms with Gasteiger partial charge in [0.1, 0.15) is 23.2 Å². The van der Waals surface area contributed by atoms with Crippen molar-refractivity contribution >= 4 is 23.2 Å². The highest BCUT2D eigenvalue weighted by molar-refractivity contribution is 7.95. The maximum absolute atomic E-state index is 5.87. The van der Waals surface area contributed by atoms with Crippen LogP contribution in [0.2, 0.25) is 0 Å². The molecule has 4 rings (SSSR count). The molecular weight excluding hydrogens is 435 g/mol. The zero-order chi connectivity index (χ0) is 23.7. The van der Waals surface area contributed by atoms with Crippen LogP contribution in [0.3, 0.4) is 0 Å². The predicted octanol–water partition coefficient (Wildman–Crippen LogP) is 6.41. The Morgan fingerprint density at radius 1 is 0.735 bits per heavy atom. The van der Waals surface area contributed by atoms with E-state index in [1.807, 2.05) is 13.8 Å². The van der Waals surface area contributed by atoms with Crippen molar-refractivity contribution in [1.29, 1.82) is 0 Å². The van der Waals surface area contributed by atoms with Gasteiger partial charge in [0.25, 0.3) is 0 Å². The summed E-state index contributed by atoms with van der Waals surface area (Å²) in [5, 5.41) is 4.34. The van der Waals surface area contributed by atoms with Gasteiger partial charge in [0.2, 0.25) is 0 Å². The van der Waals surface area contributed by atoms with Crippen LogP contribution in [-0.2, 0) is 9.47 Å². The zero-order valence-corrected chi connectivity index (χ0v) is 21.2. The molecule has 0 spiro atoms. The lowest BCUT2D eigenvalue weighted by atomic mass is 10.2. The average Bonchev–Trinajstić information content (AvgIpc) is 3.23. The van der Waals surface area contributed by atoms with Crippen molar-refractivity contribution in [3.8, 4) is 0 Å². The van der Waals surface area contributed by atoms with Crippen molar-refractivity contribution in [2.75, 3.05) is 12.8 Å². The molecule has 1 fully saturated rings.